The minimum atomic E-state index is -1.91. The molecule has 4 atom stereocenters. The van der Waals surface area contributed by atoms with Crippen LogP contribution in [0.25, 0.3) is 0 Å². The van der Waals surface area contributed by atoms with E-state index >= 15 is 0 Å². The molecule has 34 heavy (non-hydrogen) atoms. The summed E-state index contributed by atoms with van der Waals surface area (Å²) in [5, 5.41) is 25.5. The number of hydrazine groups is 1. The highest BCUT2D eigenvalue weighted by atomic mass is 16.3. The number of nitrogen functional groups attached to an aromatic ring is 1. The Balaban J connectivity index is 1.36. The van der Waals surface area contributed by atoms with Crippen molar-refractivity contribution in [1.29, 1.82) is 0 Å². The number of rotatable bonds is 7. The Morgan fingerprint density at radius 3 is 2.65 bits per heavy atom. The maximum absolute atomic E-state index is 12.9. The van der Waals surface area contributed by atoms with Crippen molar-refractivity contribution in [2.24, 2.45) is 0 Å². The van der Waals surface area contributed by atoms with Gasteiger partial charge in [-0.05, 0) is 43.5 Å². The largest absolute Gasteiger partial charge is 0.380 e. The zero-order chi connectivity index (χ0) is 24.2. The van der Waals surface area contributed by atoms with E-state index in [-0.39, 0.29) is 5.95 Å². The number of nitrogens with zero attached hydrogens (tertiary/aromatic N) is 4. The van der Waals surface area contributed by atoms with Gasteiger partial charge in [0.25, 0.3) is 11.8 Å². The van der Waals surface area contributed by atoms with Gasteiger partial charge in [0.15, 0.2) is 12.2 Å². The van der Waals surface area contributed by atoms with Crippen molar-refractivity contribution in [3.8, 4) is 0 Å². The number of hydrogen-bond acceptors (Lipinski definition) is 9. The molecule has 6 N–H and O–H groups in total. The zero-order valence-corrected chi connectivity index (χ0v) is 18.8. The summed E-state index contributed by atoms with van der Waals surface area (Å²) in [6, 6.07) is 8.36. The van der Waals surface area contributed by atoms with Gasteiger partial charge < -0.3 is 26.2 Å². The third-order valence-electron chi connectivity index (χ3n) is 6.06. The van der Waals surface area contributed by atoms with Crippen LogP contribution in [0, 0.1) is 0 Å². The lowest BCUT2D eigenvalue weighted by molar-refractivity contribution is -0.154. The molecule has 0 spiro atoms. The number of carbonyl (C=O) groups excluding carboxylic acids is 2. The number of hydrogen-bond donors (Lipinski definition) is 5. The van der Waals surface area contributed by atoms with Crippen molar-refractivity contribution >= 4 is 23.5 Å². The number of benzene rings is 1. The first-order valence-corrected chi connectivity index (χ1v) is 11.2. The molecule has 0 saturated carbocycles. The molecule has 2 aliphatic heterocycles. The molecule has 0 unspecified atom stereocenters. The fourth-order valence-electron chi connectivity index (χ4n) is 4.21. The fourth-order valence-corrected chi connectivity index (χ4v) is 4.21. The van der Waals surface area contributed by atoms with Gasteiger partial charge >= 0.3 is 0 Å². The van der Waals surface area contributed by atoms with Crippen molar-refractivity contribution in [2.75, 3.05) is 23.8 Å². The smallest absolute Gasteiger partial charge is 0.255 e. The molecule has 180 valence electrons. The molecule has 0 aliphatic carbocycles. The quantitative estimate of drug-likeness (QED) is 0.383. The van der Waals surface area contributed by atoms with Crippen LogP contribution >= 0.6 is 0 Å². The molecule has 0 bridgehead atoms. The van der Waals surface area contributed by atoms with Crippen molar-refractivity contribution in [1.82, 2.24) is 25.6 Å². The number of aliphatic hydroxyl groups is 2. The summed E-state index contributed by atoms with van der Waals surface area (Å²) < 4.78 is 0. The van der Waals surface area contributed by atoms with Gasteiger partial charge in [0.2, 0.25) is 5.95 Å². The molecule has 2 aromatic rings. The van der Waals surface area contributed by atoms with Crippen LogP contribution in [0.3, 0.4) is 0 Å². The van der Waals surface area contributed by atoms with Crippen LogP contribution in [0.5, 0.6) is 0 Å². The highest BCUT2D eigenvalue weighted by Gasteiger charge is 2.39. The molecular formula is C23H29N7O4. The van der Waals surface area contributed by atoms with Gasteiger partial charge in [0.1, 0.15) is 0 Å². The second-order valence-corrected chi connectivity index (χ2v) is 8.36. The molecule has 1 fully saturated rings. The van der Waals surface area contributed by atoms with Crippen LogP contribution in [-0.4, -0.2) is 62.2 Å². The van der Waals surface area contributed by atoms with E-state index < -0.39 is 36.1 Å². The Morgan fingerprint density at radius 1 is 1.21 bits per heavy atom. The number of carbonyl (C=O) groups is 2. The summed E-state index contributed by atoms with van der Waals surface area (Å²) in [7, 11) is 0. The standard InChI is InChI=1S/C23H29N7O4/c1-14(15-5-7-16(8-6-15)30-13-3-10-26-30)27-21(33)19(31)20(32)22(34)29-12-2-4-18(29)17-9-11-25-23(24)28-17/h3,5-9,11,13-14,18-20,26,31-32H,2,4,10,12H2,1H3,(H,27,33)(H2,24,25,28)/t14-,18-,19-,20-/m1/s1. The molecule has 4 rings (SSSR count). The van der Waals surface area contributed by atoms with Crippen molar-refractivity contribution in [3.05, 3.63) is 60.1 Å². The van der Waals surface area contributed by atoms with Crippen LogP contribution in [0.15, 0.2) is 48.8 Å². The highest BCUT2D eigenvalue weighted by Crippen LogP contribution is 2.31. The van der Waals surface area contributed by atoms with E-state index in [4.69, 9.17) is 5.73 Å². The highest BCUT2D eigenvalue weighted by molar-refractivity contribution is 5.91. The molecule has 11 heteroatoms. The third-order valence-corrected chi connectivity index (χ3v) is 6.06. The molecule has 2 amide bonds. The number of aromatic nitrogens is 2. The molecule has 0 radical (unpaired) electrons. The molecule has 11 nitrogen and oxygen atoms in total. The van der Waals surface area contributed by atoms with E-state index in [1.807, 2.05) is 41.6 Å². The van der Waals surface area contributed by atoms with Gasteiger partial charge in [0.05, 0.1) is 23.5 Å². The zero-order valence-electron chi connectivity index (χ0n) is 18.8. The topological polar surface area (TPSA) is 157 Å². The van der Waals surface area contributed by atoms with Crippen molar-refractivity contribution in [2.45, 2.75) is 44.1 Å². The van der Waals surface area contributed by atoms with Gasteiger partial charge in [-0.25, -0.2) is 15.4 Å². The lowest BCUT2D eigenvalue weighted by atomic mass is 10.1. The first-order chi connectivity index (χ1) is 16.3. The Kier molecular flexibility index (Phi) is 7.06. The van der Waals surface area contributed by atoms with Gasteiger partial charge in [-0.15, -0.1) is 0 Å². The molecule has 3 heterocycles. The second kappa shape index (κ2) is 10.2. The minimum absolute atomic E-state index is 0.0898. The molecule has 2 aliphatic rings. The van der Waals surface area contributed by atoms with Crippen LogP contribution in [0.2, 0.25) is 0 Å². The van der Waals surface area contributed by atoms with Gasteiger partial charge in [0, 0.05) is 25.5 Å². The molecular weight excluding hydrogens is 438 g/mol. The monoisotopic (exact) mass is 467 g/mol. The fraction of sp³-hybridized carbons (Fsp3) is 0.391. The van der Waals surface area contributed by atoms with Gasteiger partial charge in [-0.3, -0.25) is 14.6 Å². The van der Waals surface area contributed by atoms with E-state index in [9.17, 15) is 19.8 Å². The van der Waals surface area contributed by atoms with E-state index in [2.05, 4.69) is 20.7 Å². The molecule has 1 aromatic heterocycles. The number of anilines is 2. The Morgan fingerprint density at radius 2 is 1.97 bits per heavy atom. The number of nitrogens with one attached hydrogen (secondary N) is 2. The van der Waals surface area contributed by atoms with Gasteiger partial charge in [-0.1, -0.05) is 18.2 Å². The van der Waals surface area contributed by atoms with Gasteiger partial charge in [-0.2, -0.15) is 0 Å². The summed E-state index contributed by atoms with van der Waals surface area (Å²) in [6.45, 7) is 2.90. The summed E-state index contributed by atoms with van der Waals surface area (Å²) >= 11 is 0. The second-order valence-electron chi connectivity index (χ2n) is 8.36. The van der Waals surface area contributed by atoms with E-state index in [0.29, 0.717) is 25.1 Å². The lowest BCUT2D eigenvalue weighted by Gasteiger charge is -2.28. The number of aliphatic hydroxyl groups excluding tert-OH is 2. The Labute approximate surface area is 197 Å². The SMILES string of the molecule is C[C@@H](NC(=O)[C@H](O)[C@@H](O)C(=O)N1CCC[C@@H]1c1ccnc(N)n1)c1ccc(N2C=CCN2)cc1. The normalized spacial score (nSPS) is 20.3. The van der Waals surface area contributed by atoms with Crippen molar-refractivity contribution in [3.63, 3.8) is 0 Å². The summed E-state index contributed by atoms with van der Waals surface area (Å²) in [5.41, 5.74) is 11.1. The predicted octanol–water partition coefficient (Wildman–Crippen LogP) is 0.160. The predicted molar refractivity (Wildman–Crippen MR) is 125 cm³/mol. The van der Waals surface area contributed by atoms with E-state index in [1.165, 1.54) is 11.1 Å². The first-order valence-electron chi connectivity index (χ1n) is 11.2. The average molecular weight is 468 g/mol. The molecule has 1 saturated heterocycles. The number of nitrogens with two attached hydrogens (primary N) is 1. The average Bonchev–Trinajstić information content (AvgIpc) is 3.55. The lowest BCUT2D eigenvalue weighted by Crippen LogP contribution is -2.51. The van der Waals surface area contributed by atoms with Crippen LogP contribution in [0.4, 0.5) is 11.6 Å². The first kappa shape index (κ1) is 23.6. The van der Waals surface area contributed by atoms with Crippen LogP contribution < -0.4 is 21.5 Å². The summed E-state index contributed by atoms with van der Waals surface area (Å²) in [4.78, 5) is 35.0. The van der Waals surface area contributed by atoms with Crippen molar-refractivity contribution < 1.29 is 19.8 Å². The summed E-state index contributed by atoms with van der Waals surface area (Å²) in [6.07, 6.45) is 2.95. The molecule has 1 aromatic carbocycles. The Bertz CT molecular complexity index is 1060. The van der Waals surface area contributed by atoms with Crippen LogP contribution in [0.1, 0.15) is 43.1 Å². The minimum Gasteiger partial charge on any atom is -0.380 e. The van der Waals surface area contributed by atoms with E-state index in [1.54, 1.807) is 13.0 Å². The number of likely N-dealkylation sites (tertiary alicyclic amines) is 1. The Hall–Kier alpha value is -3.54. The summed E-state index contributed by atoms with van der Waals surface area (Å²) in [5.74, 6) is -1.47. The third kappa shape index (κ3) is 5.01. The maximum Gasteiger partial charge on any atom is 0.255 e. The van der Waals surface area contributed by atoms with Crippen LogP contribution in [-0.2, 0) is 9.59 Å². The number of amides is 2. The van der Waals surface area contributed by atoms with E-state index in [0.717, 1.165) is 17.8 Å². The maximum atomic E-state index is 12.9.